The summed E-state index contributed by atoms with van der Waals surface area (Å²) in [6, 6.07) is 0. The maximum absolute atomic E-state index is 7.40. The molecule has 2 aliphatic rings. The van der Waals surface area contributed by atoms with Crippen LogP contribution in [0.15, 0.2) is 11.6 Å². The minimum Gasteiger partial charge on any atom is -0.390 e. The van der Waals surface area contributed by atoms with Gasteiger partial charge in [-0.2, -0.15) is 12.6 Å². The van der Waals surface area contributed by atoms with Crippen molar-refractivity contribution in [2.45, 2.75) is 64.8 Å². The van der Waals surface area contributed by atoms with E-state index in [9.17, 15) is 0 Å². The molecule has 130 valence electrons. The van der Waals surface area contributed by atoms with Crippen LogP contribution in [0.3, 0.4) is 0 Å². The highest BCUT2D eigenvalue weighted by molar-refractivity contribution is 7.79. The lowest BCUT2D eigenvalue weighted by Gasteiger charge is -2.43. The molecule has 0 aromatic heterocycles. The summed E-state index contributed by atoms with van der Waals surface area (Å²) in [6.45, 7) is 9.61. The van der Waals surface area contributed by atoms with Crippen LogP contribution >= 0.6 is 12.6 Å². The number of ether oxygens (including phenoxy) is 2. The van der Waals surface area contributed by atoms with Crippen LogP contribution in [0.5, 0.6) is 0 Å². The third kappa shape index (κ3) is 4.50. The van der Waals surface area contributed by atoms with Gasteiger partial charge < -0.3 is 14.6 Å². The Labute approximate surface area is 143 Å². The van der Waals surface area contributed by atoms with Crippen LogP contribution in [0.4, 0.5) is 0 Å². The monoisotopic (exact) mass is 332 g/mol. The summed E-state index contributed by atoms with van der Waals surface area (Å²) in [6.07, 6.45) is 7.00. The number of thiol groups is 1. The van der Waals surface area contributed by atoms with Gasteiger partial charge in [-0.1, -0.05) is 32.4 Å². The van der Waals surface area contributed by atoms with Crippen molar-refractivity contribution in [2.24, 2.45) is 17.8 Å². The van der Waals surface area contributed by atoms with Crippen LogP contribution in [-0.2, 0) is 9.47 Å². The molecule has 1 N–H and O–H groups in total. The van der Waals surface area contributed by atoms with Gasteiger partial charge in [-0.25, -0.2) is 0 Å². The van der Waals surface area contributed by atoms with Gasteiger partial charge in [0.15, 0.2) is 0 Å². The smallest absolute Gasteiger partial charge is 0.211 e. The van der Waals surface area contributed by atoms with E-state index in [2.05, 4.69) is 46.4 Å². The SMILES string of the molecule is CS.[3H]O[C@H]1[C@@H](OC)[C@H](/C(C)=C/CCC(C)C)[C@@]2(CO2)C[C@H]1C. The average molecular weight is 333 g/mol. The van der Waals surface area contributed by atoms with Crippen molar-refractivity contribution in [3.05, 3.63) is 11.6 Å². The fourth-order valence-electron chi connectivity index (χ4n) is 3.71. The first-order valence-corrected chi connectivity index (χ1v) is 9.24. The van der Waals surface area contributed by atoms with E-state index in [1.807, 2.05) is 0 Å². The largest absolute Gasteiger partial charge is 0.390 e. The molecule has 0 aromatic rings. The maximum Gasteiger partial charge on any atom is 0.211 e. The maximum atomic E-state index is 7.40. The van der Waals surface area contributed by atoms with E-state index in [0.717, 1.165) is 19.4 Å². The van der Waals surface area contributed by atoms with Gasteiger partial charge in [-0.3, -0.25) is 0 Å². The Kier molecular flexibility index (Phi) is 7.26. The summed E-state index contributed by atoms with van der Waals surface area (Å²) >= 11 is 3.53. The molecule has 5 atom stereocenters. The Hall–Kier alpha value is -0.0300. The third-order valence-electron chi connectivity index (χ3n) is 4.94. The molecule has 0 amide bonds. The van der Waals surface area contributed by atoms with Gasteiger partial charge in [0, 0.05) is 13.0 Å². The number of aliphatic hydroxyl groups excluding tert-OH is 1. The van der Waals surface area contributed by atoms with Crippen molar-refractivity contribution in [1.29, 1.82) is 1.43 Å². The van der Waals surface area contributed by atoms with Crippen LogP contribution in [0.2, 0.25) is 0 Å². The second kappa shape index (κ2) is 8.72. The molecule has 2 rings (SSSR count). The fraction of sp³-hybridized carbons (Fsp3) is 0.889. The molecular weight excluding hydrogens is 296 g/mol. The predicted octanol–water partition coefficient (Wildman–Crippen LogP) is 3.72. The molecular formula is C18H34O3S. The molecule has 1 saturated carbocycles. The second-order valence-electron chi connectivity index (χ2n) is 7.10. The third-order valence-corrected chi connectivity index (χ3v) is 4.94. The highest BCUT2D eigenvalue weighted by Gasteiger charge is 2.60. The first kappa shape index (κ1) is 18.3. The first-order valence-electron chi connectivity index (χ1n) is 8.76. The van der Waals surface area contributed by atoms with E-state index in [4.69, 9.17) is 16.0 Å². The summed E-state index contributed by atoms with van der Waals surface area (Å²) in [5.74, 6) is 1.21. The number of aliphatic hydroxyl groups is 1. The molecule has 0 radical (unpaired) electrons. The van der Waals surface area contributed by atoms with Crippen LogP contribution < -0.4 is 0 Å². The lowest BCUT2D eigenvalue weighted by molar-refractivity contribution is -0.109. The Balaban J connectivity index is 0.00000127. The Morgan fingerprint density at radius 1 is 1.55 bits per heavy atom. The Morgan fingerprint density at radius 3 is 2.64 bits per heavy atom. The van der Waals surface area contributed by atoms with E-state index in [1.165, 1.54) is 12.0 Å². The van der Waals surface area contributed by atoms with Crippen molar-refractivity contribution >= 4 is 12.6 Å². The molecule has 22 heavy (non-hydrogen) atoms. The van der Waals surface area contributed by atoms with Crippen molar-refractivity contribution in [3.8, 4) is 0 Å². The van der Waals surface area contributed by atoms with E-state index in [1.54, 1.807) is 13.4 Å². The van der Waals surface area contributed by atoms with Gasteiger partial charge in [0.2, 0.25) is 1.43 Å². The highest BCUT2D eigenvalue weighted by atomic mass is 32.1. The predicted molar refractivity (Wildman–Crippen MR) is 95.5 cm³/mol. The minimum atomic E-state index is -0.178. The van der Waals surface area contributed by atoms with Crippen LogP contribution in [-0.4, -0.2) is 44.3 Å². The summed E-state index contributed by atoms with van der Waals surface area (Å²) in [4.78, 5) is 0. The van der Waals surface area contributed by atoms with Gasteiger partial charge >= 0.3 is 0 Å². The number of hydrogen-bond acceptors (Lipinski definition) is 4. The molecule has 4 heteroatoms. The van der Waals surface area contributed by atoms with Gasteiger partial charge in [0.05, 0.1) is 18.8 Å². The standard InChI is InChI=1S/C17H30O3.CH4S/c1-11(2)7-6-8-12(3)14-16(19-5)15(18)13(4)9-17(14)10-20-17;1-2/h8,11,13-16,18H,6-7,9-10H2,1-5H3;2H,1H3/b12-8+;/t13-,14+,15-,16+,17+;/m1./s1/i18T;. The number of hydrogen-bond donors (Lipinski definition) is 2. The van der Waals surface area contributed by atoms with Crippen molar-refractivity contribution < 1.29 is 14.6 Å². The molecule has 1 saturated heterocycles. The topological polar surface area (TPSA) is 42.0 Å². The zero-order valence-corrected chi connectivity index (χ0v) is 15.9. The van der Waals surface area contributed by atoms with Crippen LogP contribution in [0.1, 0.15) is 47.0 Å². The van der Waals surface area contributed by atoms with Crippen molar-refractivity contribution in [3.63, 3.8) is 0 Å². The fourth-order valence-corrected chi connectivity index (χ4v) is 3.71. The van der Waals surface area contributed by atoms with Gasteiger partial charge in [-0.05, 0) is 44.3 Å². The lowest BCUT2D eigenvalue weighted by atomic mass is 9.68. The van der Waals surface area contributed by atoms with Crippen molar-refractivity contribution in [1.82, 2.24) is 0 Å². The Morgan fingerprint density at radius 2 is 2.18 bits per heavy atom. The molecule has 3 nitrogen and oxygen atoms in total. The summed E-state index contributed by atoms with van der Waals surface area (Å²) < 4.78 is 19.0. The first-order chi connectivity index (χ1) is 10.9. The highest BCUT2D eigenvalue weighted by Crippen LogP contribution is 2.51. The number of rotatable bonds is 6. The number of epoxide rings is 1. The zero-order valence-electron chi connectivity index (χ0n) is 16.0. The summed E-state index contributed by atoms with van der Waals surface area (Å²) in [5.41, 5.74) is 1.25. The van der Waals surface area contributed by atoms with E-state index >= 15 is 0 Å². The summed E-state index contributed by atoms with van der Waals surface area (Å²) in [5, 5.41) is 4.99. The number of methoxy groups -OCH3 is 1. The lowest BCUT2D eigenvalue weighted by Crippen LogP contribution is -2.52. The van der Waals surface area contributed by atoms with Crippen molar-refractivity contribution in [2.75, 3.05) is 20.0 Å². The zero-order chi connectivity index (χ0) is 17.6. The molecule has 1 aliphatic heterocycles. The van der Waals surface area contributed by atoms with Gasteiger partial charge in [0.25, 0.3) is 0 Å². The van der Waals surface area contributed by atoms with Gasteiger partial charge in [-0.15, -0.1) is 0 Å². The molecule has 0 bridgehead atoms. The molecule has 2 fully saturated rings. The normalized spacial score (nSPS) is 38.5. The van der Waals surface area contributed by atoms with Crippen LogP contribution in [0, 0.1) is 17.8 Å². The minimum absolute atomic E-state index is 0.0759. The molecule has 0 aromatic carbocycles. The Bertz CT molecular complexity index is 382. The second-order valence-corrected chi connectivity index (χ2v) is 7.10. The van der Waals surface area contributed by atoms with Crippen LogP contribution in [0.25, 0.3) is 0 Å². The molecule has 1 heterocycles. The van der Waals surface area contributed by atoms with E-state index in [0.29, 0.717) is 5.92 Å². The van der Waals surface area contributed by atoms with E-state index < -0.39 is 0 Å². The molecule has 1 spiro atoms. The molecule has 1 aliphatic carbocycles. The average Bonchev–Trinajstić information content (AvgIpc) is 3.27. The van der Waals surface area contributed by atoms with Gasteiger partial charge in [0.1, 0.15) is 5.60 Å². The quantitative estimate of drug-likeness (QED) is 0.442. The van der Waals surface area contributed by atoms with E-state index in [-0.39, 0.29) is 29.6 Å². The summed E-state index contributed by atoms with van der Waals surface area (Å²) in [7, 11) is 1.72. The number of allylic oxidation sites excluding steroid dienone is 1. The molecule has 0 unspecified atom stereocenters.